The second-order valence-electron chi connectivity index (χ2n) is 5.64. The minimum absolute atomic E-state index is 0.0149. The van der Waals surface area contributed by atoms with E-state index in [1.807, 2.05) is 0 Å². The molecule has 0 aliphatic carbocycles. The average Bonchev–Trinajstić information content (AvgIpc) is 2.52. The van der Waals surface area contributed by atoms with Gasteiger partial charge in [-0.15, -0.1) is 0 Å². The van der Waals surface area contributed by atoms with E-state index in [9.17, 15) is 22.8 Å². The number of aryl methyl sites for hydroxylation is 1. The molecular weight excluding hydrogens is 311 g/mol. The number of aromatic carboxylic acids is 1. The maximum atomic E-state index is 13.0. The summed E-state index contributed by atoms with van der Waals surface area (Å²) in [6.45, 7) is 0.140. The van der Waals surface area contributed by atoms with Gasteiger partial charge in [-0.05, 0) is 43.4 Å². The van der Waals surface area contributed by atoms with E-state index in [2.05, 4.69) is 0 Å². The molecule has 1 aliphatic heterocycles. The predicted molar refractivity (Wildman–Crippen MR) is 77.1 cm³/mol. The van der Waals surface area contributed by atoms with Crippen molar-refractivity contribution in [1.29, 1.82) is 0 Å². The second-order valence-corrected chi connectivity index (χ2v) is 5.64. The third-order valence-electron chi connectivity index (χ3n) is 4.03. The normalized spacial score (nSPS) is 18.7. The minimum atomic E-state index is -4.39. The smallest absolute Gasteiger partial charge is 0.408 e. The number of halogens is 3. The van der Waals surface area contributed by atoms with Gasteiger partial charge in [0.05, 0.1) is 5.56 Å². The predicted octanol–water partition coefficient (Wildman–Crippen LogP) is 3.26. The summed E-state index contributed by atoms with van der Waals surface area (Å²) < 4.78 is 39.0. The lowest BCUT2D eigenvalue weighted by Crippen LogP contribution is -2.51. The van der Waals surface area contributed by atoms with Gasteiger partial charge in [-0.25, -0.2) is 4.79 Å². The second kappa shape index (κ2) is 7.02. The fourth-order valence-electron chi connectivity index (χ4n) is 2.78. The van der Waals surface area contributed by atoms with Gasteiger partial charge in [-0.2, -0.15) is 13.2 Å². The number of carbonyl (C=O) groups excluding carboxylic acids is 1. The molecule has 1 aromatic carbocycles. The zero-order valence-electron chi connectivity index (χ0n) is 12.5. The van der Waals surface area contributed by atoms with Crippen molar-refractivity contribution in [3.8, 4) is 0 Å². The third kappa shape index (κ3) is 4.46. The lowest BCUT2D eigenvalue weighted by atomic mass is 10.00. The number of carbonyl (C=O) groups is 2. The van der Waals surface area contributed by atoms with Crippen LogP contribution in [0.3, 0.4) is 0 Å². The topological polar surface area (TPSA) is 57.6 Å². The average molecular weight is 329 g/mol. The molecule has 4 nitrogen and oxygen atoms in total. The first kappa shape index (κ1) is 17.3. The van der Waals surface area contributed by atoms with Crippen LogP contribution >= 0.6 is 0 Å². The van der Waals surface area contributed by atoms with Crippen LogP contribution in [0.2, 0.25) is 0 Å². The monoisotopic (exact) mass is 329 g/mol. The van der Waals surface area contributed by atoms with Crippen LogP contribution in [0.5, 0.6) is 0 Å². The highest BCUT2D eigenvalue weighted by atomic mass is 19.4. The first-order valence-corrected chi connectivity index (χ1v) is 7.47. The van der Waals surface area contributed by atoms with Gasteiger partial charge in [-0.1, -0.05) is 12.1 Å². The maximum absolute atomic E-state index is 13.0. The van der Waals surface area contributed by atoms with Gasteiger partial charge in [0, 0.05) is 13.0 Å². The van der Waals surface area contributed by atoms with E-state index in [1.165, 1.54) is 12.1 Å². The molecular formula is C16H18F3NO3. The Labute approximate surface area is 131 Å². The number of carboxylic acid groups (broad SMARTS) is 1. The van der Waals surface area contributed by atoms with Gasteiger partial charge < -0.3 is 10.0 Å². The number of benzene rings is 1. The third-order valence-corrected chi connectivity index (χ3v) is 4.03. The van der Waals surface area contributed by atoms with Crippen molar-refractivity contribution in [2.45, 2.75) is 44.3 Å². The summed E-state index contributed by atoms with van der Waals surface area (Å²) >= 11 is 0. The first-order chi connectivity index (χ1) is 10.8. The zero-order valence-corrected chi connectivity index (χ0v) is 12.5. The number of carboxylic acids is 1. The minimum Gasteiger partial charge on any atom is -0.478 e. The standard InChI is InChI=1S/C16H18F3NO3/c17-16(18,19)13-3-1-2-10-20(13)14(21)9-6-11-4-7-12(8-5-11)15(22)23/h4-5,7-8,13H,1-3,6,9-10H2,(H,22,23). The van der Waals surface area contributed by atoms with Crippen LogP contribution in [-0.4, -0.2) is 40.6 Å². The Morgan fingerprint density at radius 1 is 1.17 bits per heavy atom. The van der Waals surface area contributed by atoms with Crippen molar-refractivity contribution >= 4 is 11.9 Å². The number of amides is 1. The molecule has 1 heterocycles. The van der Waals surface area contributed by atoms with Crippen LogP contribution in [0.4, 0.5) is 13.2 Å². The molecule has 0 saturated carbocycles. The molecule has 126 valence electrons. The molecule has 1 unspecified atom stereocenters. The Hall–Kier alpha value is -2.05. The number of alkyl halides is 3. The number of piperidine rings is 1. The van der Waals surface area contributed by atoms with Crippen molar-refractivity contribution in [1.82, 2.24) is 4.90 Å². The highest BCUT2D eigenvalue weighted by molar-refractivity contribution is 5.87. The Kier molecular flexibility index (Phi) is 5.28. The highest BCUT2D eigenvalue weighted by Crippen LogP contribution is 2.32. The molecule has 0 bridgehead atoms. The number of rotatable bonds is 4. The van der Waals surface area contributed by atoms with Gasteiger partial charge in [0.25, 0.3) is 0 Å². The molecule has 1 aromatic rings. The van der Waals surface area contributed by atoms with E-state index < -0.39 is 24.1 Å². The molecule has 1 N–H and O–H groups in total. The van der Waals surface area contributed by atoms with Crippen molar-refractivity contribution < 1.29 is 27.9 Å². The van der Waals surface area contributed by atoms with Gasteiger partial charge in [-0.3, -0.25) is 4.79 Å². The Morgan fingerprint density at radius 2 is 1.83 bits per heavy atom. The van der Waals surface area contributed by atoms with E-state index >= 15 is 0 Å². The van der Waals surface area contributed by atoms with Crippen molar-refractivity contribution in [2.75, 3.05) is 6.54 Å². The fraction of sp³-hybridized carbons (Fsp3) is 0.500. The first-order valence-electron chi connectivity index (χ1n) is 7.47. The summed E-state index contributed by atoms with van der Waals surface area (Å²) in [4.78, 5) is 23.8. The maximum Gasteiger partial charge on any atom is 0.408 e. The van der Waals surface area contributed by atoms with E-state index in [0.29, 0.717) is 19.3 Å². The Balaban J connectivity index is 1.96. The molecule has 1 saturated heterocycles. The molecule has 0 spiro atoms. The molecule has 1 atom stereocenters. The number of hydrogen-bond acceptors (Lipinski definition) is 2. The van der Waals surface area contributed by atoms with Crippen LogP contribution in [0.25, 0.3) is 0 Å². The number of hydrogen-bond donors (Lipinski definition) is 1. The van der Waals surface area contributed by atoms with Crippen LogP contribution < -0.4 is 0 Å². The summed E-state index contributed by atoms with van der Waals surface area (Å²) in [6.07, 6.45) is -3.09. The summed E-state index contributed by atoms with van der Waals surface area (Å²) in [5, 5.41) is 8.80. The molecule has 0 aromatic heterocycles. The van der Waals surface area contributed by atoms with Crippen LogP contribution in [0.15, 0.2) is 24.3 Å². The molecule has 0 radical (unpaired) electrons. The fourth-order valence-corrected chi connectivity index (χ4v) is 2.78. The summed E-state index contributed by atoms with van der Waals surface area (Å²) in [5.74, 6) is -1.55. The van der Waals surface area contributed by atoms with E-state index in [0.717, 1.165) is 10.5 Å². The highest BCUT2D eigenvalue weighted by Gasteiger charge is 2.45. The van der Waals surface area contributed by atoms with E-state index in [4.69, 9.17) is 5.11 Å². The summed E-state index contributed by atoms with van der Waals surface area (Å²) in [6, 6.07) is 4.31. The number of likely N-dealkylation sites (tertiary alicyclic amines) is 1. The molecule has 7 heteroatoms. The molecule has 23 heavy (non-hydrogen) atoms. The molecule has 2 rings (SSSR count). The molecule has 1 aliphatic rings. The van der Waals surface area contributed by atoms with Gasteiger partial charge in [0.2, 0.25) is 5.91 Å². The Morgan fingerprint density at radius 3 is 2.39 bits per heavy atom. The van der Waals surface area contributed by atoms with Crippen LogP contribution in [-0.2, 0) is 11.2 Å². The van der Waals surface area contributed by atoms with Crippen molar-refractivity contribution in [3.63, 3.8) is 0 Å². The zero-order chi connectivity index (χ0) is 17.0. The van der Waals surface area contributed by atoms with Crippen molar-refractivity contribution in [2.24, 2.45) is 0 Å². The SMILES string of the molecule is O=C(O)c1ccc(CCC(=O)N2CCCCC2C(F)(F)F)cc1. The largest absolute Gasteiger partial charge is 0.478 e. The lowest BCUT2D eigenvalue weighted by molar-refractivity contribution is -0.195. The van der Waals surface area contributed by atoms with Gasteiger partial charge in [0.1, 0.15) is 6.04 Å². The van der Waals surface area contributed by atoms with Crippen LogP contribution in [0.1, 0.15) is 41.6 Å². The summed E-state index contributed by atoms with van der Waals surface area (Å²) in [5.41, 5.74) is 0.858. The molecule has 1 amide bonds. The van der Waals surface area contributed by atoms with Gasteiger partial charge in [0.15, 0.2) is 0 Å². The molecule has 1 fully saturated rings. The number of nitrogens with zero attached hydrogens (tertiary/aromatic N) is 1. The quantitative estimate of drug-likeness (QED) is 0.922. The van der Waals surface area contributed by atoms with Crippen LogP contribution in [0, 0.1) is 0 Å². The van der Waals surface area contributed by atoms with E-state index in [1.54, 1.807) is 12.1 Å². The summed E-state index contributed by atoms with van der Waals surface area (Å²) in [7, 11) is 0. The Bertz CT molecular complexity index is 569. The van der Waals surface area contributed by atoms with E-state index in [-0.39, 0.29) is 24.9 Å². The lowest BCUT2D eigenvalue weighted by Gasteiger charge is -2.36. The van der Waals surface area contributed by atoms with Crippen molar-refractivity contribution in [3.05, 3.63) is 35.4 Å². The van der Waals surface area contributed by atoms with Gasteiger partial charge >= 0.3 is 12.1 Å².